The lowest BCUT2D eigenvalue weighted by atomic mass is 10.1. The maximum Gasteiger partial charge on any atom is 0.187 e. The molecule has 0 radical (unpaired) electrons. The van der Waals surface area contributed by atoms with Crippen molar-refractivity contribution in [3.8, 4) is 0 Å². The van der Waals surface area contributed by atoms with Crippen LogP contribution in [-0.2, 0) is 6.54 Å². The van der Waals surface area contributed by atoms with Gasteiger partial charge in [-0.05, 0) is 27.2 Å². The van der Waals surface area contributed by atoms with Gasteiger partial charge in [0, 0.05) is 35.8 Å². The SMILES string of the molecule is CCCCSc1ncc(CNC(C)(C)C)cn1. The second kappa shape index (κ2) is 6.97. The van der Waals surface area contributed by atoms with Crippen molar-refractivity contribution in [2.75, 3.05) is 5.75 Å². The average Bonchev–Trinajstić information content (AvgIpc) is 2.27. The Morgan fingerprint density at radius 2 is 1.88 bits per heavy atom. The van der Waals surface area contributed by atoms with E-state index in [1.54, 1.807) is 11.8 Å². The summed E-state index contributed by atoms with van der Waals surface area (Å²) in [4.78, 5) is 8.73. The van der Waals surface area contributed by atoms with Crippen LogP contribution < -0.4 is 5.32 Å². The largest absolute Gasteiger partial charge is 0.308 e. The van der Waals surface area contributed by atoms with Crippen LogP contribution in [0.3, 0.4) is 0 Å². The van der Waals surface area contributed by atoms with Crippen molar-refractivity contribution in [1.29, 1.82) is 0 Å². The molecule has 1 aromatic heterocycles. The first-order chi connectivity index (χ1) is 8.01. The standard InChI is InChI=1S/C13H23N3S/c1-5-6-7-17-12-14-8-11(9-15-12)10-16-13(2,3)4/h8-9,16H,5-7,10H2,1-4H3. The lowest BCUT2D eigenvalue weighted by Gasteiger charge is -2.20. The topological polar surface area (TPSA) is 37.8 Å². The summed E-state index contributed by atoms with van der Waals surface area (Å²) in [5, 5.41) is 4.31. The molecule has 0 aromatic carbocycles. The van der Waals surface area contributed by atoms with Gasteiger partial charge in [-0.1, -0.05) is 25.1 Å². The minimum atomic E-state index is 0.133. The van der Waals surface area contributed by atoms with Crippen molar-refractivity contribution in [2.45, 2.75) is 57.8 Å². The lowest BCUT2D eigenvalue weighted by molar-refractivity contribution is 0.423. The Morgan fingerprint density at radius 1 is 1.24 bits per heavy atom. The van der Waals surface area contributed by atoms with Crippen LogP contribution in [-0.4, -0.2) is 21.3 Å². The molecule has 0 spiro atoms. The van der Waals surface area contributed by atoms with Gasteiger partial charge in [0.15, 0.2) is 5.16 Å². The minimum Gasteiger partial charge on any atom is -0.308 e. The van der Waals surface area contributed by atoms with Crippen LogP contribution >= 0.6 is 11.8 Å². The molecule has 0 amide bonds. The van der Waals surface area contributed by atoms with Crippen molar-refractivity contribution >= 4 is 11.8 Å². The van der Waals surface area contributed by atoms with Gasteiger partial charge in [-0.2, -0.15) is 0 Å². The molecule has 0 bridgehead atoms. The summed E-state index contributed by atoms with van der Waals surface area (Å²) in [5.41, 5.74) is 1.27. The molecule has 17 heavy (non-hydrogen) atoms. The Labute approximate surface area is 109 Å². The number of thioether (sulfide) groups is 1. The fourth-order valence-corrected chi connectivity index (χ4v) is 2.05. The van der Waals surface area contributed by atoms with Gasteiger partial charge in [-0.15, -0.1) is 0 Å². The maximum absolute atomic E-state index is 4.36. The zero-order chi connectivity index (χ0) is 12.7. The highest BCUT2D eigenvalue weighted by Crippen LogP contribution is 2.14. The predicted octanol–water partition coefficient (Wildman–Crippen LogP) is 3.26. The third-order valence-corrected chi connectivity index (χ3v) is 3.20. The number of hydrogen-bond acceptors (Lipinski definition) is 4. The first kappa shape index (κ1) is 14.5. The van der Waals surface area contributed by atoms with E-state index in [1.807, 2.05) is 12.4 Å². The number of nitrogens with one attached hydrogen (secondary N) is 1. The number of aromatic nitrogens is 2. The third kappa shape index (κ3) is 6.64. The van der Waals surface area contributed by atoms with E-state index in [0.717, 1.165) is 23.0 Å². The van der Waals surface area contributed by atoms with Crippen LogP contribution in [0.5, 0.6) is 0 Å². The Hall–Kier alpha value is -0.610. The van der Waals surface area contributed by atoms with E-state index in [1.165, 1.54) is 12.8 Å². The molecule has 0 unspecified atom stereocenters. The van der Waals surface area contributed by atoms with E-state index < -0.39 is 0 Å². The Balaban J connectivity index is 2.39. The molecule has 0 saturated carbocycles. The average molecular weight is 253 g/mol. The summed E-state index contributed by atoms with van der Waals surface area (Å²) in [5.74, 6) is 1.11. The Kier molecular flexibility index (Phi) is 5.92. The van der Waals surface area contributed by atoms with Gasteiger partial charge in [0.05, 0.1) is 0 Å². The van der Waals surface area contributed by atoms with Crippen molar-refractivity contribution < 1.29 is 0 Å². The van der Waals surface area contributed by atoms with Gasteiger partial charge in [-0.25, -0.2) is 9.97 Å². The molecule has 0 aliphatic heterocycles. The van der Waals surface area contributed by atoms with Crippen LogP contribution in [0.15, 0.2) is 17.6 Å². The second-order valence-corrected chi connectivity index (χ2v) is 6.24. The van der Waals surface area contributed by atoms with Crippen LogP contribution in [0.2, 0.25) is 0 Å². The highest BCUT2D eigenvalue weighted by Gasteiger charge is 2.08. The number of nitrogens with zero attached hydrogens (tertiary/aromatic N) is 2. The molecule has 0 fully saturated rings. The number of unbranched alkanes of at least 4 members (excludes halogenated alkanes) is 1. The van der Waals surface area contributed by atoms with E-state index in [2.05, 4.69) is 43.0 Å². The summed E-state index contributed by atoms with van der Waals surface area (Å²) < 4.78 is 0. The Morgan fingerprint density at radius 3 is 2.41 bits per heavy atom. The third-order valence-electron chi connectivity index (χ3n) is 2.23. The van der Waals surface area contributed by atoms with Crippen LogP contribution in [0.1, 0.15) is 46.1 Å². The quantitative estimate of drug-likeness (QED) is 0.480. The minimum absolute atomic E-state index is 0.133. The monoisotopic (exact) mass is 253 g/mol. The molecule has 1 heterocycles. The van der Waals surface area contributed by atoms with Gasteiger partial charge < -0.3 is 5.32 Å². The zero-order valence-corrected chi connectivity index (χ0v) is 12.1. The molecular formula is C13H23N3S. The molecule has 1 rings (SSSR count). The van der Waals surface area contributed by atoms with Crippen molar-refractivity contribution in [3.63, 3.8) is 0 Å². The van der Waals surface area contributed by atoms with Crippen molar-refractivity contribution in [2.24, 2.45) is 0 Å². The second-order valence-electron chi connectivity index (χ2n) is 5.18. The zero-order valence-electron chi connectivity index (χ0n) is 11.3. The van der Waals surface area contributed by atoms with E-state index in [4.69, 9.17) is 0 Å². The van der Waals surface area contributed by atoms with Crippen LogP contribution in [0.4, 0.5) is 0 Å². The molecule has 1 N–H and O–H groups in total. The molecule has 3 nitrogen and oxygen atoms in total. The van der Waals surface area contributed by atoms with Gasteiger partial charge in [0.1, 0.15) is 0 Å². The van der Waals surface area contributed by atoms with Crippen molar-refractivity contribution in [1.82, 2.24) is 15.3 Å². The Bertz CT molecular complexity index is 316. The van der Waals surface area contributed by atoms with E-state index >= 15 is 0 Å². The van der Waals surface area contributed by atoms with E-state index in [0.29, 0.717) is 0 Å². The van der Waals surface area contributed by atoms with Crippen molar-refractivity contribution in [3.05, 3.63) is 18.0 Å². The molecule has 0 atom stereocenters. The highest BCUT2D eigenvalue weighted by molar-refractivity contribution is 7.99. The normalized spacial score (nSPS) is 11.8. The molecule has 0 aliphatic carbocycles. The van der Waals surface area contributed by atoms with Gasteiger partial charge in [0.25, 0.3) is 0 Å². The molecule has 96 valence electrons. The summed E-state index contributed by atoms with van der Waals surface area (Å²) >= 11 is 1.73. The summed E-state index contributed by atoms with van der Waals surface area (Å²) in [7, 11) is 0. The maximum atomic E-state index is 4.36. The van der Waals surface area contributed by atoms with Crippen LogP contribution in [0.25, 0.3) is 0 Å². The number of hydrogen-bond donors (Lipinski definition) is 1. The number of rotatable bonds is 6. The molecule has 4 heteroatoms. The van der Waals surface area contributed by atoms with E-state index in [9.17, 15) is 0 Å². The smallest absolute Gasteiger partial charge is 0.187 e. The molecule has 0 aliphatic rings. The van der Waals surface area contributed by atoms with Gasteiger partial charge in [0.2, 0.25) is 0 Å². The van der Waals surface area contributed by atoms with Gasteiger partial charge in [-0.3, -0.25) is 0 Å². The molecule has 1 aromatic rings. The summed E-state index contributed by atoms with van der Waals surface area (Å²) in [6, 6.07) is 0. The first-order valence-electron chi connectivity index (χ1n) is 6.20. The van der Waals surface area contributed by atoms with E-state index in [-0.39, 0.29) is 5.54 Å². The van der Waals surface area contributed by atoms with Crippen LogP contribution in [0, 0.1) is 0 Å². The first-order valence-corrected chi connectivity index (χ1v) is 7.18. The summed E-state index contributed by atoms with van der Waals surface area (Å²) in [6.45, 7) is 9.49. The molecular weight excluding hydrogens is 230 g/mol. The predicted molar refractivity (Wildman–Crippen MR) is 74.3 cm³/mol. The lowest BCUT2D eigenvalue weighted by Crippen LogP contribution is -2.35. The summed E-state index contributed by atoms with van der Waals surface area (Å²) in [6.07, 6.45) is 6.28. The molecule has 0 saturated heterocycles. The highest BCUT2D eigenvalue weighted by atomic mass is 32.2. The fourth-order valence-electron chi connectivity index (χ4n) is 1.18. The fraction of sp³-hybridized carbons (Fsp3) is 0.692. The van der Waals surface area contributed by atoms with Gasteiger partial charge >= 0.3 is 0 Å².